The van der Waals surface area contributed by atoms with Crippen LogP contribution in [0, 0.1) is 0 Å². The summed E-state index contributed by atoms with van der Waals surface area (Å²) in [6, 6.07) is 8.67. The predicted molar refractivity (Wildman–Crippen MR) is 117 cm³/mol. The Bertz CT molecular complexity index is 1160. The maximum Gasteiger partial charge on any atom is 0.231 e. The quantitative estimate of drug-likeness (QED) is 0.626. The Morgan fingerprint density at radius 2 is 1.81 bits per heavy atom. The third-order valence-corrected chi connectivity index (χ3v) is 11.7. The molecule has 1 aromatic heterocycles. The van der Waals surface area contributed by atoms with Gasteiger partial charge in [0.25, 0.3) is 0 Å². The topological polar surface area (TPSA) is 93.2 Å². The highest BCUT2D eigenvalue weighted by Gasteiger charge is 2.48. The molecule has 31 heavy (non-hydrogen) atoms. The molecule has 0 saturated carbocycles. The fraction of sp³-hybridized carbons (Fsp3) is 0.500. The molecular weight excluding hydrogens is 460 g/mol. The number of sulfone groups is 2. The van der Waals surface area contributed by atoms with Crippen molar-refractivity contribution in [3.63, 3.8) is 0 Å². The second kappa shape index (κ2) is 8.04. The molecule has 8 nitrogen and oxygen atoms in total. The summed E-state index contributed by atoms with van der Waals surface area (Å²) in [4.78, 5) is 4.34. The van der Waals surface area contributed by atoms with E-state index in [0.717, 1.165) is 48.0 Å². The number of fused-ring (bicyclic) bond motifs is 1. The number of rotatable bonds is 5. The van der Waals surface area contributed by atoms with Gasteiger partial charge in [-0.15, -0.1) is 11.3 Å². The molecule has 2 atom stereocenters. The second-order valence-electron chi connectivity index (χ2n) is 8.16. The van der Waals surface area contributed by atoms with Crippen LogP contribution in [0.25, 0.3) is 0 Å². The van der Waals surface area contributed by atoms with E-state index in [2.05, 4.69) is 9.80 Å². The van der Waals surface area contributed by atoms with Gasteiger partial charge < -0.3 is 9.47 Å². The van der Waals surface area contributed by atoms with Gasteiger partial charge in [-0.1, -0.05) is 12.1 Å². The molecule has 3 aliphatic rings. The fourth-order valence-electron chi connectivity index (χ4n) is 4.56. The number of piperazine rings is 1. The Labute approximate surface area is 186 Å². The van der Waals surface area contributed by atoms with Crippen LogP contribution in [-0.4, -0.2) is 82.4 Å². The Hall–Kier alpha value is -1.66. The van der Waals surface area contributed by atoms with Crippen LogP contribution in [-0.2, 0) is 26.2 Å². The fourth-order valence-corrected chi connectivity index (χ4v) is 10.6. The van der Waals surface area contributed by atoms with Gasteiger partial charge in [0.05, 0.1) is 16.8 Å². The Morgan fingerprint density at radius 1 is 1.03 bits per heavy atom. The number of thiophene rings is 1. The van der Waals surface area contributed by atoms with E-state index in [1.54, 1.807) is 17.5 Å². The van der Waals surface area contributed by atoms with Gasteiger partial charge in [0, 0.05) is 38.8 Å². The molecule has 0 spiro atoms. The summed E-state index contributed by atoms with van der Waals surface area (Å²) in [7, 11) is -7.07. The van der Waals surface area contributed by atoms with Crippen molar-refractivity contribution in [2.75, 3.05) is 44.5 Å². The normalized spacial score (nSPS) is 26.3. The molecular formula is C20H24N2O6S3. The first-order valence-electron chi connectivity index (χ1n) is 10.1. The van der Waals surface area contributed by atoms with Crippen molar-refractivity contribution < 1.29 is 26.3 Å². The molecule has 0 aliphatic carbocycles. The lowest BCUT2D eigenvalue weighted by molar-refractivity contribution is 0.101. The number of ether oxygens (including phenoxy) is 2. The summed E-state index contributed by atoms with van der Waals surface area (Å²) in [5.41, 5.74) is 1.12. The molecule has 1 aromatic carbocycles. The Balaban J connectivity index is 1.27. The molecule has 0 amide bonds. The summed E-state index contributed by atoms with van der Waals surface area (Å²) in [5, 5.41) is 0.803. The molecule has 11 heteroatoms. The lowest BCUT2D eigenvalue weighted by atomic mass is 10.1. The van der Waals surface area contributed by atoms with E-state index in [-0.39, 0.29) is 22.5 Å². The van der Waals surface area contributed by atoms with Gasteiger partial charge in [-0.25, -0.2) is 16.8 Å². The van der Waals surface area contributed by atoms with Crippen LogP contribution in [0.1, 0.15) is 5.56 Å². The van der Waals surface area contributed by atoms with Crippen LogP contribution in [0.3, 0.4) is 0 Å². The largest absolute Gasteiger partial charge is 0.454 e. The molecule has 2 fully saturated rings. The zero-order chi connectivity index (χ0) is 21.6. The van der Waals surface area contributed by atoms with E-state index < -0.39 is 31.0 Å². The average molecular weight is 485 g/mol. The maximum absolute atomic E-state index is 13.1. The highest BCUT2D eigenvalue weighted by molar-refractivity contribution is 7.97. The first-order valence-corrected chi connectivity index (χ1v) is 14.4. The summed E-state index contributed by atoms with van der Waals surface area (Å²) >= 11 is 1.15. The molecule has 2 saturated heterocycles. The number of nitrogens with zero attached hydrogens (tertiary/aromatic N) is 2. The van der Waals surface area contributed by atoms with Crippen molar-refractivity contribution >= 4 is 31.0 Å². The van der Waals surface area contributed by atoms with Gasteiger partial charge in [-0.2, -0.15) is 0 Å². The molecule has 0 N–H and O–H groups in total. The highest BCUT2D eigenvalue weighted by atomic mass is 32.2. The molecule has 5 rings (SSSR count). The minimum absolute atomic E-state index is 0.0928. The van der Waals surface area contributed by atoms with Crippen LogP contribution in [0.4, 0.5) is 0 Å². The van der Waals surface area contributed by atoms with Crippen molar-refractivity contribution in [1.29, 1.82) is 0 Å². The van der Waals surface area contributed by atoms with Crippen LogP contribution in [0.2, 0.25) is 0 Å². The average Bonchev–Trinajstić information content (AvgIpc) is 3.48. The van der Waals surface area contributed by atoms with E-state index >= 15 is 0 Å². The zero-order valence-electron chi connectivity index (χ0n) is 16.8. The van der Waals surface area contributed by atoms with E-state index in [1.165, 1.54) is 0 Å². The van der Waals surface area contributed by atoms with E-state index in [9.17, 15) is 16.8 Å². The summed E-state index contributed by atoms with van der Waals surface area (Å²) in [5.74, 6) is 1.13. The van der Waals surface area contributed by atoms with Gasteiger partial charge >= 0.3 is 0 Å². The summed E-state index contributed by atoms with van der Waals surface area (Å²) in [6.45, 7) is 3.78. The molecule has 2 aromatic rings. The van der Waals surface area contributed by atoms with Crippen molar-refractivity contribution in [3.8, 4) is 11.5 Å². The van der Waals surface area contributed by atoms with E-state index in [1.807, 2.05) is 18.2 Å². The molecule has 3 aliphatic heterocycles. The van der Waals surface area contributed by atoms with Gasteiger partial charge in [0.1, 0.15) is 4.21 Å². The minimum Gasteiger partial charge on any atom is -0.454 e. The lowest BCUT2D eigenvalue weighted by Gasteiger charge is -2.39. The van der Waals surface area contributed by atoms with E-state index in [0.29, 0.717) is 13.1 Å². The molecule has 0 bridgehead atoms. The smallest absolute Gasteiger partial charge is 0.231 e. The number of benzene rings is 1. The van der Waals surface area contributed by atoms with Crippen molar-refractivity contribution in [2.45, 2.75) is 22.0 Å². The van der Waals surface area contributed by atoms with Gasteiger partial charge in [-0.3, -0.25) is 9.80 Å². The molecule has 4 heterocycles. The highest BCUT2D eigenvalue weighted by Crippen LogP contribution is 2.34. The van der Waals surface area contributed by atoms with Crippen LogP contribution in [0.5, 0.6) is 11.5 Å². The maximum atomic E-state index is 13.1. The second-order valence-corrected chi connectivity index (χ2v) is 13.7. The SMILES string of the molecule is O=S1(=O)CC(N2CCN(Cc3ccc4c(c3)OCO4)CC2)C(S(=O)(=O)c2cccs2)C1. The van der Waals surface area contributed by atoms with Gasteiger partial charge in [-0.05, 0) is 29.1 Å². The predicted octanol–water partition coefficient (Wildman–Crippen LogP) is 1.23. The Kier molecular flexibility index (Phi) is 5.50. The molecule has 168 valence electrons. The first kappa shape index (κ1) is 21.2. The third kappa shape index (κ3) is 4.21. The van der Waals surface area contributed by atoms with Crippen LogP contribution >= 0.6 is 11.3 Å². The number of hydrogen-bond donors (Lipinski definition) is 0. The summed E-state index contributed by atoms with van der Waals surface area (Å²) in [6.07, 6.45) is 0. The van der Waals surface area contributed by atoms with Gasteiger partial charge in [0.2, 0.25) is 6.79 Å². The van der Waals surface area contributed by atoms with Crippen molar-refractivity contribution in [3.05, 3.63) is 41.3 Å². The lowest BCUT2D eigenvalue weighted by Crippen LogP contribution is -2.54. The zero-order valence-corrected chi connectivity index (χ0v) is 19.3. The van der Waals surface area contributed by atoms with Gasteiger partial charge in [0.15, 0.2) is 31.2 Å². The summed E-state index contributed by atoms with van der Waals surface area (Å²) < 4.78 is 62.1. The van der Waals surface area contributed by atoms with Crippen LogP contribution < -0.4 is 9.47 Å². The van der Waals surface area contributed by atoms with Crippen molar-refractivity contribution in [1.82, 2.24) is 9.80 Å². The third-order valence-electron chi connectivity index (χ3n) is 6.17. The van der Waals surface area contributed by atoms with E-state index in [4.69, 9.17) is 9.47 Å². The first-order chi connectivity index (χ1) is 14.8. The van der Waals surface area contributed by atoms with Crippen LogP contribution in [0.15, 0.2) is 39.9 Å². The molecule has 0 radical (unpaired) electrons. The standard InChI is InChI=1S/C20H24N2O6S3/c23-30(24)12-16(19(13-30)31(25,26)20-2-1-9-29-20)22-7-5-21(6-8-22)11-15-3-4-17-18(10-15)28-14-27-17/h1-4,9-10,16,19H,5-8,11-14H2. The minimum atomic E-state index is -3.67. The number of hydrogen-bond acceptors (Lipinski definition) is 9. The monoisotopic (exact) mass is 484 g/mol. The Morgan fingerprint density at radius 3 is 2.55 bits per heavy atom. The molecule has 2 unspecified atom stereocenters. The van der Waals surface area contributed by atoms with Crippen molar-refractivity contribution in [2.24, 2.45) is 0 Å².